The Hall–Kier alpha value is -2.58. The van der Waals surface area contributed by atoms with E-state index in [9.17, 15) is 4.79 Å². The summed E-state index contributed by atoms with van der Waals surface area (Å²) < 4.78 is 3.08. The van der Waals surface area contributed by atoms with E-state index in [0.717, 1.165) is 47.0 Å². The molecule has 0 saturated heterocycles. The van der Waals surface area contributed by atoms with E-state index < -0.39 is 0 Å². The standard InChI is InChI=1S/C22H22BrN3O/c1-2-16-26-20-9-6-5-8-19(20)25-21(26)10-4-3-7-15-24-22(27)17-11-13-18(23)14-12-17/h1,5-6,8-9,11-14H,3-4,7,10,15-16H2,(H,24,27). The van der Waals surface area contributed by atoms with Gasteiger partial charge in [-0.15, -0.1) is 6.42 Å². The van der Waals surface area contributed by atoms with Gasteiger partial charge in [0.25, 0.3) is 5.91 Å². The minimum absolute atomic E-state index is 0.0293. The number of hydrogen-bond acceptors (Lipinski definition) is 2. The van der Waals surface area contributed by atoms with Crippen LogP contribution in [0.2, 0.25) is 0 Å². The molecule has 0 fully saturated rings. The van der Waals surface area contributed by atoms with Crippen molar-refractivity contribution in [2.45, 2.75) is 32.2 Å². The number of carbonyl (C=O) groups excluding carboxylic acids is 1. The molecule has 3 aromatic rings. The average molecular weight is 424 g/mol. The third-order valence-corrected chi connectivity index (χ3v) is 4.98. The number of hydrogen-bond donors (Lipinski definition) is 1. The highest BCUT2D eigenvalue weighted by atomic mass is 79.9. The number of benzene rings is 2. The van der Waals surface area contributed by atoms with Gasteiger partial charge in [0.2, 0.25) is 0 Å². The summed E-state index contributed by atoms with van der Waals surface area (Å²) in [6.45, 7) is 1.22. The lowest BCUT2D eigenvalue weighted by Gasteiger charge is -2.07. The number of fused-ring (bicyclic) bond motifs is 1. The Balaban J connectivity index is 1.45. The first kappa shape index (κ1) is 19.2. The van der Waals surface area contributed by atoms with Gasteiger partial charge in [0, 0.05) is 23.0 Å². The quantitative estimate of drug-likeness (QED) is 0.425. The lowest BCUT2D eigenvalue weighted by Crippen LogP contribution is -2.24. The van der Waals surface area contributed by atoms with E-state index in [1.54, 1.807) is 0 Å². The van der Waals surface area contributed by atoms with Gasteiger partial charge in [-0.3, -0.25) is 4.79 Å². The zero-order valence-corrected chi connectivity index (χ0v) is 16.7. The summed E-state index contributed by atoms with van der Waals surface area (Å²) in [7, 11) is 0. The molecule has 0 unspecified atom stereocenters. The van der Waals surface area contributed by atoms with Crippen molar-refractivity contribution in [1.82, 2.24) is 14.9 Å². The number of amides is 1. The van der Waals surface area contributed by atoms with Crippen LogP contribution in [0.4, 0.5) is 0 Å². The highest BCUT2D eigenvalue weighted by Crippen LogP contribution is 2.17. The van der Waals surface area contributed by atoms with Crippen LogP contribution in [0.3, 0.4) is 0 Å². The molecule has 0 radical (unpaired) electrons. The number of aromatic nitrogens is 2. The van der Waals surface area contributed by atoms with Gasteiger partial charge in [0.05, 0.1) is 17.6 Å². The van der Waals surface area contributed by atoms with Gasteiger partial charge < -0.3 is 9.88 Å². The fraction of sp³-hybridized carbons (Fsp3) is 0.273. The van der Waals surface area contributed by atoms with Gasteiger partial charge in [-0.1, -0.05) is 40.4 Å². The van der Waals surface area contributed by atoms with Crippen LogP contribution in [0.5, 0.6) is 0 Å². The van der Waals surface area contributed by atoms with Gasteiger partial charge in [-0.2, -0.15) is 0 Å². The van der Waals surface area contributed by atoms with Crippen molar-refractivity contribution in [3.05, 3.63) is 64.4 Å². The Labute approximate surface area is 168 Å². The molecule has 1 amide bonds. The SMILES string of the molecule is C#CCn1c(CCCCCNC(=O)c2ccc(Br)cc2)nc2ccccc21. The van der Waals surface area contributed by atoms with Crippen molar-refractivity contribution < 1.29 is 4.79 Å². The monoisotopic (exact) mass is 423 g/mol. The minimum atomic E-state index is -0.0293. The molecule has 0 aliphatic heterocycles. The Morgan fingerprint density at radius 1 is 1.11 bits per heavy atom. The number of nitrogens with zero attached hydrogens (tertiary/aromatic N) is 2. The molecule has 2 aromatic carbocycles. The van der Waals surface area contributed by atoms with Gasteiger partial charge in [0.15, 0.2) is 0 Å². The lowest BCUT2D eigenvalue weighted by molar-refractivity contribution is 0.0953. The van der Waals surface area contributed by atoms with Gasteiger partial charge in [-0.25, -0.2) is 4.98 Å². The second-order valence-electron chi connectivity index (χ2n) is 6.38. The van der Waals surface area contributed by atoms with E-state index in [-0.39, 0.29) is 5.91 Å². The molecule has 27 heavy (non-hydrogen) atoms. The number of nitrogens with one attached hydrogen (secondary N) is 1. The molecule has 0 atom stereocenters. The molecule has 4 nitrogen and oxygen atoms in total. The maximum absolute atomic E-state index is 12.1. The number of aryl methyl sites for hydroxylation is 1. The molecular weight excluding hydrogens is 402 g/mol. The van der Waals surface area contributed by atoms with Crippen LogP contribution >= 0.6 is 15.9 Å². The molecule has 0 bridgehead atoms. The van der Waals surface area contributed by atoms with Crippen molar-refractivity contribution in [3.8, 4) is 12.3 Å². The number of imidazole rings is 1. The van der Waals surface area contributed by atoms with E-state index in [0.29, 0.717) is 18.7 Å². The number of carbonyl (C=O) groups is 1. The fourth-order valence-corrected chi connectivity index (χ4v) is 3.34. The lowest BCUT2D eigenvalue weighted by atomic mass is 10.1. The van der Waals surface area contributed by atoms with Crippen LogP contribution in [-0.4, -0.2) is 22.0 Å². The zero-order valence-electron chi connectivity index (χ0n) is 15.1. The largest absolute Gasteiger partial charge is 0.352 e. The van der Waals surface area contributed by atoms with Crippen molar-refractivity contribution >= 4 is 32.9 Å². The first-order valence-electron chi connectivity index (χ1n) is 9.10. The second-order valence-corrected chi connectivity index (χ2v) is 7.30. The van der Waals surface area contributed by atoms with Crippen LogP contribution in [0.25, 0.3) is 11.0 Å². The number of terminal acetylenes is 1. The van der Waals surface area contributed by atoms with Crippen molar-refractivity contribution in [3.63, 3.8) is 0 Å². The predicted octanol–water partition coefficient (Wildman–Crippen LogP) is 4.57. The van der Waals surface area contributed by atoms with Crippen molar-refractivity contribution in [1.29, 1.82) is 0 Å². The van der Waals surface area contributed by atoms with Gasteiger partial charge in [-0.05, 0) is 49.2 Å². The Bertz CT molecular complexity index is 954. The molecule has 1 N–H and O–H groups in total. The molecule has 1 heterocycles. The summed E-state index contributed by atoms with van der Waals surface area (Å²) in [5.41, 5.74) is 2.76. The first-order valence-corrected chi connectivity index (χ1v) is 9.89. The molecule has 0 spiro atoms. The Kier molecular flexibility index (Phi) is 6.67. The van der Waals surface area contributed by atoms with E-state index in [1.165, 1.54) is 0 Å². The van der Waals surface area contributed by atoms with Crippen molar-refractivity contribution in [2.75, 3.05) is 6.54 Å². The molecule has 3 rings (SSSR count). The highest BCUT2D eigenvalue weighted by molar-refractivity contribution is 9.10. The topological polar surface area (TPSA) is 46.9 Å². The molecule has 5 heteroatoms. The van der Waals surface area contributed by atoms with E-state index >= 15 is 0 Å². The Morgan fingerprint density at radius 3 is 2.67 bits per heavy atom. The summed E-state index contributed by atoms with van der Waals surface area (Å²) in [6, 6.07) is 15.5. The van der Waals surface area contributed by atoms with E-state index in [4.69, 9.17) is 11.4 Å². The fourth-order valence-electron chi connectivity index (χ4n) is 3.07. The predicted molar refractivity (Wildman–Crippen MR) is 113 cm³/mol. The number of rotatable bonds is 8. The molecule has 138 valence electrons. The normalized spacial score (nSPS) is 10.7. The maximum Gasteiger partial charge on any atom is 0.251 e. The van der Waals surface area contributed by atoms with Gasteiger partial charge in [0.1, 0.15) is 5.82 Å². The number of unbranched alkanes of at least 4 members (excludes halogenated alkanes) is 2. The molecule has 0 aliphatic carbocycles. The molecule has 0 saturated carbocycles. The molecule has 1 aromatic heterocycles. The smallest absolute Gasteiger partial charge is 0.251 e. The maximum atomic E-state index is 12.1. The van der Waals surface area contributed by atoms with Gasteiger partial charge >= 0.3 is 0 Å². The van der Waals surface area contributed by atoms with Crippen LogP contribution < -0.4 is 5.32 Å². The second kappa shape index (κ2) is 9.38. The minimum Gasteiger partial charge on any atom is -0.352 e. The highest BCUT2D eigenvalue weighted by Gasteiger charge is 2.09. The summed E-state index contributed by atoms with van der Waals surface area (Å²) >= 11 is 3.37. The number of halogens is 1. The van der Waals surface area contributed by atoms with Crippen LogP contribution in [0.1, 0.15) is 35.4 Å². The van der Waals surface area contributed by atoms with E-state index in [2.05, 4.69) is 37.8 Å². The zero-order chi connectivity index (χ0) is 19.1. The first-order chi connectivity index (χ1) is 13.2. The molecule has 0 aliphatic rings. The Morgan fingerprint density at radius 2 is 1.89 bits per heavy atom. The van der Waals surface area contributed by atoms with Crippen LogP contribution in [0.15, 0.2) is 53.0 Å². The summed E-state index contributed by atoms with van der Waals surface area (Å²) in [4.78, 5) is 16.8. The van der Waals surface area contributed by atoms with Crippen LogP contribution in [-0.2, 0) is 13.0 Å². The summed E-state index contributed by atoms with van der Waals surface area (Å²) in [5.74, 6) is 3.72. The average Bonchev–Trinajstić information content (AvgIpc) is 3.03. The van der Waals surface area contributed by atoms with Crippen molar-refractivity contribution in [2.24, 2.45) is 0 Å². The number of para-hydroxylation sites is 2. The molecular formula is C22H22BrN3O. The summed E-state index contributed by atoms with van der Waals surface area (Å²) in [6.07, 6.45) is 9.39. The van der Waals surface area contributed by atoms with Crippen LogP contribution in [0, 0.1) is 12.3 Å². The third kappa shape index (κ3) is 4.99. The summed E-state index contributed by atoms with van der Waals surface area (Å²) in [5, 5.41) is 2.97. The van der Waals surface area contributed by atoms with E-state index in [1.807, 2.05) is 42.5 Å². The third-order valence-electron chi connectivity index (χ3n) is 4.45.